The number of oxazole rings is 1. The molecule has 0 bridgehead atoms. The van der Waals surface area contributed by atoms with Crippen molar-refractivity contribution in [3.05, 3.63) is 72.0 Å². The zero-order valence-electron chi connectivity index (χ0n) is 15.5. The molecule has 28 heavy (non-hydrogen) atoms. The number of aryl methyl sites for hydroxylation is 1. The van der Waals surface area contributed by atoms with Crippen molar-refractivity contribution < 1.29 is 13.3 Å². The first-order valence-electron chi connectivity index (χ1n) is 8.72. The van der Waals surface area contributed by atoms with Crippen LogP contribution in [0.2, 0.25) is 0 Å². The predicted octanol–water partition coefficient (Wildman–Crippen LogP) is 3.87. The maximum atomic E-state index is 13.4. The van der Waals surface area contributed by atoms with Gasteiger partial charge in [0.25, 0.3) is 0 Å². The third-order valence-electron chi connectivity index (χ3n) is 4.20. The van der Waals surface area contributed by atoms with Gasteiger partial charge in [-0.2, -0.15) is 4.98 Å². The van der Waals surface area contributed by atoms with Crippen LogP contribution in [0.15, 0.2) is 57.7 Å². The number of rotatable bonds is 6. The average molecular weight is 379 g/mol. The molecule has 8 heteroatoms. The predicted molar refractivity (Wildman–Crippen MR) is 99.3 cm³/mol. The Morgan fingerprint density at radius 3 is 2.64 bits per heavy atom. The molecule has 0 saturated carbocycles. The van der Waals surface area contributed by atoms with Gasteiger partial charge in [0.2, 0.25) is 17.6 Å². The van der Waals surface area contributed by atoms with E-state index in [2.05, 4.69) is 20.1 Å². The smallest absolute Gasteiger partial charge is 0.241 e. The van der Waals surface area contributed by atoms with Gasteiger partial charge in [-0.15, -0.1) is 0 Å². The molecule has 4 rings (SSSR count). The van der Waals surface area contributed by atoms with E-state index in [1.165, 1.54) is 12.1 Å². The molecule has 0 spiro atoms. The van der Waals surface area contributed by atoms with E-state index >= 15 is 0 Å². The molecule has 0 aliphatic heterocycles. The molecular weight excluding hydrogens is 361 g/mol. The minimum Gasteiger partial charge on any atom is -0.441 e. The van der Waals surface area contributed by atoms with E-state index in [1.807, 2.05) is 31.0 Å². The molecule has 142 valence electrons. The van der Waals surface area contributed by atoms with Crippen LogP contribution in [0.5, 0.6) is 0 Å². The summed E-state index contributed by atoms with van der Waals surface area (Å²) in [5.41, 5.74) is 2.23. The van der Waals surface area contributed by atoms with Gasteiger partial charge < -0.3 is 8.94 Å². The van der Waals surface area contributed by atoms with Crippen molar-refractivity contribution in [2.75, 3.05) is 7.05 Å². The van der Waals surface area contributed by atoms with Crippen LogP contribution in [-0.4, -0.2) is 32.1 Å². The highest BCUT2D eigenvalue weighted by Gasteiger charge is 2.16. The van der Waals surface area contributed by atoms with E-state index in [0.717, 1.165) is 11.3 Å². The Bertz CT molecular complexity index is 1080. The number of benzene rings is 1. The molecule has 0 amide bonds. The van der Waals surface area contributed by atoms with Crippen molar-refractivity contribution in [3.63, 3.8) is 0 Å². The molecule has 4 aromatic rings. The highest BCUT2D eigenvalue weighted by atomic mass is 19.1. The van der Waals surface area contributed by atoms with Crippen LogP contribution < -0.4 is 0 Å². The van der Waals surface area contributed by atoms with Crippen LogP contribution >= 0.6 is 0 Å². The van der Waals surface area contributed by atoms with Crippen LogP contribution in [0.1, 0.15) is 17.3 Å². The average Bonchev–Trinajstić information content (AvgIpc) is 3.30. The van der Waals surface area contributed by atoms with Gasteiger partial charge in [0, 0.05) is 30.1 Å². The first kappa shape index (κ1) is 18.0. The van der Waals surface area contributed by atoms with Gasteiger partial charge >= 0.3 is 0 Å². The van der Waals surface area contributed by atoms with Crippen LogP contribution in [0, 0.1) is 12.7 Å². The molecule has 0 fully saturated rings. The zero-order valence-corrected chi connectivity index (χ0v) is 15.5. The first-order chi connectivity index (χ1) is 13.6. The maximum Gasteiger partial charge on any atom is 0.241 e. The van der Waals surface area contributed by atoms with Crippen LogP contribution in [0.25, 0.3) is 22.8 Å². The Morgan fingerprint density at radius 2 is 1.86 bits per heavy atom. The van der Waals surface area contributed by atoms with Crippen molar-refractivity contribution in [2.24, 2.45) is 0 Å². The van der Waals surface area contributed by atoms with Crippen molar-refractivity contribution in [2.45, 2.75) is 20.0 Å². The van der Waals surface area contributed by atoms with E-state index in [4.69, 9.17) is 8.94 Å². The molecule has 0 saturated heterocycles. The third kappa shape index (κ3) is 3.96. The molecule has 0 radical (unpaired) electrons. The summed E-state index contributed by atoms with van der Waals surface area (Å²) in [5.74, 6) is 1.79. The van der Waals surface area contributed by atoms with E-state index in [-0.39, 0.29) is 5.82 Å². The Kier molecular flexibility index (Phi) is 4.94. The summed E-state index contributed by atoms with van der Waals surface area (Å²) in [4.78, 5) is 14.9. The highest BCUT2D eigenvalue weighted by Crippen LogP contribution is 2.23. The van der Waals surface area contributed by atoms with Crippen LogP contribution in [-0.2, 0) is 13.1 Å². The normalized spacial score (nSPS) is 11.3. The Morgan fingerprint density at radius 1 is 1.04 bits per heavy atom. The summed E-state index contributed by atoms with van der Waals surface area (Å²) in [5, 5.41) is 4.01. The lowest BCUT2D eigenvalue weighted by Crippen LogP contribution is -2.18. The summed E-state index contributed by atoms with van der Waals surface area (Å²) >= 11 is 0. The number of pyridine rings is 1. The van der Waals surface area contributed by atoms with E-state index in [1.54, 1.807) is 24.5 Å². The quantitative estimate of drug-likeness (QED) is 0.503. The Labute approximate surface area is 160 Å². The van der Waals surface area contributed by atoms with Gasteiger partial charge in [-0.3, -0.25) is 9.88 Å². The Balaban J connectivity index is 1.44. The SMILES string of the molecule is Cc1oc(-c2cccc(F)c2)nc1CN(C)Cc1nc(-c2ccncc2)no1. The van der Waals surface area contributed by atoms with Crippen molar-refractivity contribution in [1.29, 1.82) is 0 Å². The Hall–Kier alpha value is -3.39. The summed E-state index contributed by atoms with van der Waals surface area (Å²) in [7, 11) is 1.92. The van der Waals surface area contributed by atoms with E-state index in [9.17, 15) is 4.39 Å². The third-order valence-corrected chi connectivity index (χ3v) is 4.20. The van der Waals surface area contributed by atoms with Gasteiger partial charge in [-0.1, -0.05) is 11.2 Å². The second-order valence-corrected chi connectivity index (χ2v) is 6.45. The minimum absolute atomic E-state index is 0.326. The molecule has 3 aromatic heterocycles. The zero-order chi connectivity index (χ0) is 19.5. The molecule has 1 aromatic carbocycles. The largest absolute Gasteiger partial charge is 0.441 e. The lowest BCUT2D eigenvalue weighted by Gasteiger charge is -2.12. The van der Waals surface area contributed by atoms with Crippen molar-refractivity contribution >= 4 is 0 Å². The minimum atomic E-state index is -0.326. The van der Waals surface area contributed by atoms with Gasteiger partial charge in [0.05, 0.1) is 12.2 Å². The summed E-state index contributed by atoms with van der Waals surface area (Å²) < 4.78 is 24.5. The molecule has 0 N–H and O–H groups in total. The van der Waals surface area contributed by atoms with Gasteiger partial charge in [-0.05, 0) is 44.3 Å². The second-order valence-electron chi connectivity index (χ2n) is 6.45. The number of aromatic nitrogens is 4. The molecule has 0 atom stereocenters. The van der Waals surface area contributed by atoms with Crippen LogP contribution in [0.3, 0.4) is 0 Å². The number of halogens is 1. The fraction of sp³-hybridized carbons (Fsp3) is 0.200. The van der Waals surface area contributed by atoms with Gasteiger partial charge in [0.15, 0.2) is 0 Å². The lowest BCUT2D eigenvalue weighted by atomic mass is 10.2. The van der Waals surface area contributed by atoms with Crippen molar-refractivity contribution in [3.8, 4) is 22.8 Å². The van der Waals surface area contributed by atoms with E-state index < -0.39 is 0 Å². The van der Waals surface area contributed by atoms with Gasteiger partial charge in [-0.25, -0.2) is 9.37 Å². The fourth-order valence-electron chi connectivity index (χ4n) is 2.80. The number of nitrogens with zero attached hydrogens (tertiary/aromatic N) is 5. The monoisotopic (exact) mass is 379 g/mol. The fourth-order valence-corrected chi connectivity index (χ4v) is 2.80. The maximum absolute atomic E-state index is 13.4. The molecule has 7 nitrogen and oxygen atoms in total. The molecule has 0 unspecified atom stereocenters. The highest BCUT2D eigenvalue weighted by molar-refractivity contribution is 5.53. The summed E-state index contributed by atoms with van der Waals surface area (Å²) in [6.45, 7) is 2.82. The second kappa shape index (κ2) is 7.69. The molecule has 3 heterocycles. The number of hydrogen-bond donors (Lipinski definition) is 0. The molecular formula is C20H18FN5O2. The molecule has 0 aliphatic carbocycles. The standard InChI is InChI=1S/C20H18FN5O2/c1-13-17(23-20(27-13)15-4-3-5-16(21)10-15)11-26(2)12-18-24-19(25-28-18)14-6-8-22-9-7-14/h3-10H,11-12H2,1-2H3. The topological polar surface area (TPSA) is 81.1 Å². The van der Waals surface area contributed by atoms with Gasteiger partial charge in [0.1, 0.15) is 11.6 Å². The number of hydrogen-bond acceptors (Lipinski definition) is 7. The summed E-state index contributed by atoms with van der Waals surface area (Å²) in [6, 6.07) is 9.83. The van der Waals surface area contributed by atoms with Crippen molar-refractivity contribution in [1.82, 2.24) is 25.0 Å². The van der Waals surface area contributed by atoms with Crippen LogP contribution in [0.4, 0.5) is 4.39 Å². The first-order valence-corrected chi connectivity index (χ1v) is 8.72. The summed E-state index contributed by atoms with van der Waals surface area (Å²) in [6.07, 6.45) is 3.36. The lowest BCUT2D eigenvalue weighted by molar-refractivity contribution is 0.258. The van der Waals surface area contributed by atoms with E-state index in [0.29, 0.717) is 42.0 Å². The molecule has 0 aliphatic rings.